The average molecular weight is 273 g/mol. The van der Waals surface area contributed by atoms with Gasteiger partial charge in [0.2, 0.25) is 0 Å². The molecule has 2 atom stereocenters. The van der Waals surface area contributed by atoms with Crippen LogP contribution in [0.5, 0.6) is 0 Å². The van der Waals surface area contributed by atoms with E-state index >= 15 is 0 Å². The summed E-state index contributed by atoms with van der Waals surface area (Å²) in [5.41, 5.74) is 4.73. The fourth-order valence-corrected chi connectivity index (χ4v) is 3.43. The van der Waals surface area contributed by atoms with E-state index in [0.29, 0.717) is 17.9 Å². The Bertz CT molecular complexity index is 443. The fraction of sp³-hybridized carbons (Fsp3) is 0.455. The average Bonchev–Trinajstić information content (AvgIpc) is 2.65. The van der Waals surface area contributed by atoms with Crippen molar-refractivity contribution in [3.63, 3.8) is 0 Å². The predicted octanol–water partition coefficient (Wildman–Crippen LogP) is 2.16. The molecule has 17 heavy (non-hydrogen) atoms. The van der Waals surface area contributed by atoms with Crippen molar-refractivity contribution in [2.45, 2.75) is 35.1 Å². The van der Waals surface area contributed by atoms with Crippen LogP contribution in [0.1, 0.15) is 19.3 Å². The molecule has 2 unspecified atom stereocenters. The van der Waals surface area contributed by atoms with Crippen molar-refractivity contribution in [2.24, 2.45) is 5.73 Å². The Morgan fingerprint density at radius 1 is 1.71 bits per heavy atom. The topological polar surface area (TPSA) is 76.2 Å². The number of nitrogens with two attached hydrogens (primary N) is 1. The van der Waals surface area contributed by atoms with Gasteiger partial charge in [-0.15, -0.1) is 11.8 Å². The second-order valence-electron chi connectivity index (χ2n) is 4.23. The Kier molecular flexibility index (Phi) is 3.61. The molecule has 2 rings (SSSR count). The number of aliphatic carboxylic acids is 1. The third-order valence-corrected chi connectivity index (χ3v) is 4.63. The Labute approximate surface area is 109 Å². The number of nitrogens with zero attached hydrogens (tertiary/aromatic N) is 1. The third kappa shape index (κ3) is 2.73. The van der Waals surface area contributed by atoms with Crippen LogP contribution in [0, 0.1) is 0 Å². The van der Waals surface area contributed by atoms with Gasteiger partial charge in [0.25, 0.3) is 0 Å². The van der Waals surface area contributed by atoms with E-state index in [9.17, 15) is 4.79 Å². The summed E-state index contributed by atoms with van der Waals surface area (Å²) in [4.78, 5) is 15.2. The van der Waals surface area contributed by atoms with E-state index in [4.69, 9.17) is 22.4 Å². The van der Waals surface area contributed by atoms with Crippen molar-refractivity contribution in [3.8, 4) is 0 Å². The first-order chi connectivity index (χ1) is 8.01. The molecule has 0 saturated heterocycles. The van der Waals surface area contributed by atoms with Crippen LogP contribution in [0.2, 0.25) is 5.02 Å². The molecule has 1 aromatic heterocycles. The maximum atomic E-state index is 11.0. The molecule has 1 fully saturated rings. The SMILES string of the molecule is NC1(C(=O)O)CCC(Sc2ncccc2Cl)C1. The summed E-state index contributed by atoms with van der Waals surface area (Å²) in [6.45, 7) is 0. The normalized spacial score (nSPS) is 28.2. The second-order valence-corrected chi connectivity index (χ2v) is 5.93. The van der Waals surface area contributed by atoms with Crippen LogP contribution in [0.3, 0.4) is 0 Å². The molecule has 1 saturated carbocycles. The summed E-state index contributed by atoms with van der Waals surface area (Å²) >= 11 is 7.52. The molecule has 0 aliphatic heterocycles. The third-order valence-electron chi connectivity index (χ3n) is 2.93. The van der Waals surface area contributed by atoms with Gasteiger partial charge in [-0.3, -0.25) is 4.79 Å². The van der Waals surface area contributed by atoms with E-state index in [0.717, 1.165) is 11.4 Å². The van der Waals surface area contributed by atoms with E-state index in [1.54, 1.807) is 18.3 Å². The smallest absolute Gasteiger partial charge is 0.323 e. The largest absolute Gasteiger partial charge is 0.480 e. The molecule has 1 aromatic rings. The molecule has 1 aliphatic carbocycles. The molecular formula is C11H13ClN2O2S. The van der Waals surface area contributed by atoms with E-state index in [-0.39, 0.29) is 5.25 Å². The zero-order valence-corrected chi connectivity index (χ0v) is 10.7. The van der Waals surface area contributed by atoms with Gasteiger partial charge in [0.1, 0.15) is 10.6 Å². The van der Waals surface area contributed by atoms with Crippen LogP contribution >= 0.6 is 23.4 Å². The minimum Gasteiger partial charge on any atom is -0.480 e. The maximum Gasteiger partial charge on any atom is 0.323 e. The monoisotopic (exact) mass is 272 g/mol. The summed E-state index contributed by atoms with van der Waals surface area (Å²) < 4.78 is 0. The van der Waals surface area contributed by atoms with Gasteiger partial charge in [-0.2, -0.15) is 0 Å². The molecule has 4 nitrogen and oxygen atoms in total. The minimum atomic E-state index is -1.08. The number of hydrogen-bond donors (Lipinski definition) is 2. The van der Waals surface area contributed by atoms with Crippen molar-refractivity contribution < 1.29 is 9.90 Å². The number of halogens is 1. The molecule has 1 heterocycles. The van der Waals surface area contributed by atoms with Gasteiger partial charge < -0.3 is 10.8 Å². The van der Waals surface area contributed by atoms with Crippen LogP contribution in [0.15, 0.2) is 23.4 Å². The highest BCUT2D eigenvalue weighted by molar-refractivity contribution is 8.00. The van der Waals surface area contributed by atoms with Crippen LogP contribution in [-0.4, -0.2) is 26.8 Å². The molecule has 0 aromatic carbocycles. The quantitative estimate of drug-likeness (QED) is 0.882. The summed E-state index contributed by atoms with van der Waals surface area (Å²) in [7, 11) is 0. The van der Waals surface area contributed by atoms with Crippen molar-refractivity contribution in [1.82, 2.24) is 4.98 Å². The number of carbonyl (C=O) groups is 1. The second kappa shape index (κ2) is 4.84. The lowest BCUT2D eigenvalue weighted by Crippen LogP contribution is -2.45. The summed E-state index contributed by atoms with van der Waals surface area (Å²) in [6, 6.07) is 3.55. The van der Waals surface area contributed by atoms with E-state index in [1.807, 2.05) is 0 Å². The molecule has 1 aliphatic rings. The molecule has 3 N–H and O–H groups in total. The first-order valence-electron chi connectivity index (χ1n) is 5.31. The molecule has 0 bridgehead atoms. The zero-order chi connectivity index (χ0) is 12.5. The Balaban J connectivity index is 2.04. The number of hydrogen-bond acceptors (Lipinski definition) is 4. The van der Waals surface area contributed by atoms with Gasteiger partial charge in [-0.1, -0.05) is 11.6 Å². The molecule has 0 amide bonds. The van der Waals surface area contributed by atoms with Crippen LogP contribution in [0.25, 0.3) is 0 Å². The van der Waals surface area contributed by atoms with Gasteiger partial charge in [-0.05, 0) is 31.4 Å². The first kappa shape index (κ1) is 12.7. The zero-order valence-electron chi connectivity index (χ0n) is 9.10. The van der Waals surface area contributed by atoms with Crippen LogP contribution in [-0.2, 0) is 4.79 Å². The molecule has 0 radical (unpaired) electrons. The van der Waals surface area contributed by atoms with Crippen molar-refractivity contribution >= 4 is 29.3 Å². The lowest BCUT2D eigenvalue weighted by Gasteiger charge is -2.17. The van der Waals surface area contributed by atoms with Gasteiger partial charge in [0.05, 0.1) is 5.02 Å². The van der Waals surface area contributed by atoms with Gasteiger partial charge in [-0.25, -0.2) is 4.98 Å². The van der Waals surface area contributed by atoms with Crippen molar-refractivity contribution in [2.75, 3.05) is 0 Å². The van der Waals surface area contributed by atoms with Gasteiger partial charge in [0.15, 0.2) is 0 Å². The molecule has 0 spiro atoms. The highest BCUT2D eigenvalue weighted by Gasteiger charge is 2.42. The Morgan fingerprint density at radius 2 is 2.47 bits per heavy atom. The minimum absolute atomic E-state index is 0.170. The highest BCUT2D eigenvalue weighted by Crippen LogP contribution is 2.40. The van der Waals surface area contributed by atoms with Gasteiger partial charge in [0, 0.05) is 11.4 Å². The Hall–Kier alpha value is -0.780. The number of pyridine rings is 1. The molecule has 92 valence electrons. The fourth-order valence-electron chi connectivity index (χ4n) is 1.94. The number of carboxylic acid groups (broad SMARTS) is 1. The number of carboxylic acids is 1. The first-order valence-corrected chi connectivity index (χ1v) is 6.56. The molecule has 6 heteroatoms. The molecular weight excluding hydrogens is 260 g/mol. The summed E-state index contributed by atoms with van der Waals surface area (Å²) in [5, 5.41) is 10.5. The van der Waals surface area contributed by atoms with Gasteiger partial charge >= 0.3 is 5.97 Å². The lowest BCUT2D eigenvalue weighted by atomic mass is 10.0. The number of aromatic nitrogens is 1. The summed E-state index contributed by atoms with van der Waals surface area (Å²) in [6.07, 6.45) is 3.42. The predicted molar refractivity (Wildman–Crippen MR) is 67.3 cm³/mol. The van der Waals surface area contributed by atoms with Crippen LogP contribution < -0.4 is 5.73 Å². The number of rotatable bonds is 3. The maximum absolute atomic E-state index is 11.0. The Morgan fingerprint density at radius 3 is 3.06 bits per heavy atom. The highest BCUT2D eigenvalue weighted by atomic mass is 35.5. The van der Waals surface area contributed by atoms with Crippen LogP contribution in [0.4, 0.5) is 0 Å². The van der Waals surface area contributed by atoms with E-state index in [1.165, 1.54) is 11.8 Å². The van der Waals surface area contributed by atoms with E-state index < -0.39 is 11.5 Å². The standard InChI is InChI=1S/C11H13ClN2O2S/c12-8-2-1-5-14-9(8)17-7-3-4-11(13,6-7)10(15)16/h1-2,5,7H,3-4,6,13H2,(H,15,16). The van der Waals surface area contributed by atoms with E-state index in [2.05, 4.69) is 4.98 Å². The lowest BCUT2D eigenvalue weighted by molar-refractivity contribution is -0.143. The summed E-state index contributed by atoms with van der Waals surface area (Å²) in [5.74, 6) is -0.923. The number of thioether (sulfide) groups is 1. The van der Waals surface area contributed by atoms with Crippen molar-refractivity contribution in [3.05, 3.63) is 23.4 Å². The van der Waals surface area contributed by atoms with Crippen molar-refractivity contribution in [1.29, 1.82) is 0 Å².